The lowest BCUT2D eigenvalue weighted by Gasteiger charge is -2.32. The number of rotatable bonds is 4. The molecule has 2 aromatic rings. The van der Waals surface area contributed by atoms with Crippen molar-refractivity contribution < 1.29 is 9.90 Å². The summed E-state index contributed by atoms with van der Waals surface area (Å²) in [5.74, 6) is -0.428. The molecule has 0 aliphatic rings. The van der Waals surface area contributed by atoms with Crippen molar-refractivity contribution in [1.29, 1.82) is 0 Å². The number of carbonyl (C=O) groups excluding carboxylic acids is 1. The molecule has 20 heavy (non-hydrogen) atoms. The Kier molecular flexibility index (Phi) is 3.74. The van der Waals surface area contributed by atoms with Crippen molar-refractivity contribution in [3.05, 3.63) is 34.9 Å². The number of hydrogen-bond donors (Lipinski definition) is 1. The summed E-state index contributed by atoms with van der Waals surface area (Å²) < 4.78 is 2.17. The molecule has 0 atom stereocenters. The van der Waals surface area contributed by atoms with Crippen LogP contribution in [0.5, 0.6) is 0 Å². The summed E-state index contributed by atoms with van der Waals surface area (Å²) in [5, 5.41) is 13.3. The number of pyridine rings is 1. The molecule has 108 valence electrons. The minimum absolute atomic E-state index is 0.00263. The van der Waals surface area contributed by atoms with Gasteiger partial charge < -0.3 is 5.11 Å². The predicted octanol–water partition coefficient (Wildman–Crippen LogP) is -0.161. The molecule has 2 rings (SSSR count). The molecule has 0 aromatic carbocycles. The van der Waals surface area contributed by atoms with Crippen LogP contribution < -0.4 is 5.69 Å². The summed E-state index contributed by atoms with van der Waals surface area (Å²) in [7, 11) is 1.72. The lowest BCUT2D eigenvalue weighted by molar-refractivity contribution is 0.0589. The lowest BCUT2D eigenvalue weighted by Crippen LogP contribution is -2.48. The number of nitrogens with zero attached hydrogens (tertiary/aromatic N) is 4. The van der Waals surface area contributed by atoms with E-state index in [0.717, 1.165) is 4.68 Å². The first-order valence-corrected chi connectivity index (χ1v) is 6.28. The van der Waals surface area contributed by atoms with Crippen LogP contribution in [0.2, 0.25) is 0 Å². The molecule has 0 saturated carbocycles. The zero-order valence-electron chi connectivity index (χ0n) is 11.8. The normalized spacial score (nSPS) is 12.2. The first kappa shape index (κ1) is 14.4. The third-order valence-electron chi connectivity index (χ3n) is 3.46. The fraction of sp³-hybridized carbons (Fsp3) is 0.462. The molecule has 0 fully saturated rings. The summed E-state index contributed by atoms with van der Waals surface area (Å²) in [6.07, 6.45) is 1.57. The number of aliphatic hydroxyl groups excluding tert-OH is 1. The minimum Gasteiger partial charge on any atom is -0.394 e. The molecule has 0 radical (unpaired) electrons. The Morgan fingerprint density at radius 3 is 2.75 bits per heavy atom. The van der Waals surface area contributed by atoms with Gasteiger partial charge in [0.05, 0.1) is 13.2 Å². The van der Waals surface area contributed by atoms with Crippen LogP contribution in [0.15, 0.2) is 29.2 Å². The molecule has 1 N–H and O–H groups in total. The first-order chi connectivity index (χ1) is 9.36. The Morgan fingerprint density at radius 2 is 2.15 bits per heavy atom. The van der Waals surface area contributed by atoms with E-state index >= 15 is 0 Å². The van der Waals surface area contributed by atoms with Crippen molar-refractivity contribution in [3.8, 4) is 0 Å². The maximum absolute atomic E-state index is 12.2. The van der Waals surface area contributed by atoms with Crippen molar-refractivity contribution in [1.82, 2.24) is 19.1 Å². The second kappa shape index (κ2) is 5.18. The Bertz CT molecular complexity index is 686. The van der Waals surface area contributed by atoms with Crippen LogP contribution in [0.4, 0.5) is 0 Å². The Labute approximate surface area is 116 Å². The average Bonchev–Trinajstić information content (AvgIpc) is 2.76. The highest BCUT2D eigenvalue weighted by Crippen LogP contribution is 2.10. The smallest absolute Gasteiger partial charge is 0.357 e. The van der Waals surface area contributed by atoms with E-state index in [-0.39, 0.29) is 13.2 Å². The highest BCUT2D eigenvalue weighted by atomic mass is 16.3. The quantitative estimate of drug-likeness (QED) is 0.840. The van der Waals surface area contributed by atoms with Crippen LogP contribution in [0, 0.1) is 0 Å². The zero-order valence-corrected chi connectivity index (χ0v) is 11.8. The van der Waals surface area contributed by atoms with E-state index in [1.165, 1.54) is 4.40 Å². The fourth-order valence-electron chi connectivity index (χ4n) is 1.69. The van der Waals surface area contributed by atoms with Crippen molar-refractivity contribution in [3.63, 3.8) is 0 Å². The van der Waals surface area contributed by atoms with Gasteiger partial charge in [-0.2, -0.15) is 0 Å². The van der Waals surface area contributed by atoms with Gasteiger partial charge in [-0.25, -0.2) is 9.20 Å². The van der Waals surface area contributed by atoms with E-state index in [1.807, 2.05) is 13.8 Å². The van der Waals surface area contributed by atoms with Gasteiger partial charge in [-0.05, 0) is 33.0 Å². The van der Waals surface area contributed by atoms with E-state index in [9.17, 15) is 14.7 Å². The van der Waals surface area contributed by atoms with Gasteiger partial charge in [-0.1, -0.05) is 6.07 Å². The molecule has 2 heterocycles. The summed E-state index contributed by atoms with van der Waals surface area (Å²) >= 11 is 0. The van der Waals surface area contributed by atoms with Gasteiger partial charge in [-0.3, -0.25) is 9.69 Å². The van der Waals surface area contributed by atoms with Gasteiger partial charge in [0.15, 0.2) is 5.65 Å². The number of fused-ring (bicyclic) bond motifs is 1. The van der Waals surface area contributed by atoms with E-state index in [2.05, 4.69) is 5.10 Å². The molecule has 0 unspecified atom stereocenters. The number of aliphatic hydroxyl groups is 1. The van der Waals surface area contributed by atoms with Gasteiger partial charge in [0.2, 0.25) is 0 Å². The molecule has 0 aliphatic carbocycles. The third kappa shape index (κ3) is 2.50. The molecule has 0 saturated heterocycles. The zero-order chi connectivity index (χ0) is 14.9. The lowest BCUT2D eigenvalue weighted by atomic mass is 10.1. The summed E-state index contributed by atoms with van der Waals surface area (Å²) in [4.78, 5) is 25.9. The molecule has 0 bridgehead atoms. The van der Waals surface area contributed by atoms with E-state index in [0.29, 0.717) is 5.65 Å². The molecule has 0 spiro atoms. The Hall–Kier alpha value is -1.99. The van der Waals surface area contributed by atoms with Crippen molar-refractivity contribution in [2.24, 2.45) is 0 Å². The third-order valence-corrected chi connectivity index (χ3v) is 3.46. The van der Waals surface area contributed by atoms with E-state index in [4.69, 9.17) is 0 Å². The SMILES string of the molecule is CN(CC(=O)n1nc2ccccn2c1=O)C(C)(C)CO. The molecule has 0 amide bonds. The largest absolute Gasteiger partial charge is 0.394 e. The van der Waals surface area contributed by atoms with Crippen molar-refractivity contribution in [2.75, 3.05) is 20.2 Å². The molecular formula is C13H18N4O3. The van der Waals surface area contributed by atoms with Crippen LogP contribution in [-0.4, -0.2) is 55.8 Å². The van der Waals surface area contributed by atoms with Crippen LogP contribution in [0.25, 0.3) is 5.65 Å². The minimum atomic E-state index is -0.543. The number of carbonyl (C=O) groups is 1. The number of likely N-dealkylation sites (N-methyl/N-ethyl adjacent to an activating group) is 1. The van der Waals surface area contributed by atoms with Crippen molar-refractivity contribution >= 4 is 11.6 Å². The van der Waals surface area contributed by atoms with Gasteiger partial charge in [-0.15, -0.1) is 9.78 Å². The summed E-state index contributed by atoms with van der Waals surface area (Å²) in [6.45, 7) is 3.54. The van der Waals surface area contributed by atoms with Gasteiger partial charge in [0.1, 0.15) is 0 Å². The van der Waals surface area contributed by atoms with Gasteiger partial charge in [0.25, 0.3) is 5.91 Å². The van der Waals surface area contributed by atoms with Crippen molar-refractivity contribution in [2.45, 2.75) is 19.4 Å². The van der Waals surface area contributed by atoms with Crippen LogP contribution >= 0.6 is 0 Å². The molecule has 7 heteroatoms. The monoisotopic (exact) mass is 278 g/mol. The van der Waals surface area contributed by atoms with Gasteiger partial charge >= 0.3 is 5.69 Å². The number of hydrogen-bond acceptors (Lipinski definition) is 5. The predicted molar refractivity (Wildman–Crippen MR) is 73.9 cm³/mol. The maximum Gasteiger partial charge on any atom is 0.357 e. The van der Waals surface area contributed by atoms with Crippen LogP contribution in [0.1, 0.15) is 18.6 Å². The Morgan fingerprint density at radius 1 is 1.45 bits per heavy atom. The van der Waals surface area contributed by atoms with Gasteiger partial charge in [0, 0.05) is 11.7 Å². The average molecular weight is 278 g/mol. The van der Waals surface area contributed by atoms with E-state index < -0.39 is 17.1 Å². The number of aromatic nitrogens is 3. The first-order valence-electron chi connectivity index (χ1n) is 6.28. The molecule has 7 nitrogen and oxygen atoms in total. The highest BCUT2D eigenvalue weighted by Gasteiger charge is 2.25. The highest BCUT2D eigenvalue weighted by molar-refractivity contribution is 5.80. The van der Waals surface area contributed by atoms with Crippen LogP contribution in [0.3, 0.4) is 0 Å². The summed E-state index contributed by atoms with van der Waals surface area (Å²) in [5.41, 5.74) is -0.603. The second-order valence-electron chi connectivity index (χ2n) is 5.34. The molecule has 2 aromatic heterocycles. The molecular weight excluding hydrogens is 260 g/mol. The topological polar surface area (TPSA) is 79.8 Å². The van der Waals surface area contributed by atoms with Crippen LogP contribution in [-0.2, 0) is 0 Å². The fourth-order valence-corrected chi connectivity index (χ4v) is 1.69. The second-order valence-corrected chi connectivity index (χ2v) is 5.34. The maximum atomic E-state index is 12.2. The standard InChI is InChI=1S/C13H18N4O3/c1-13(2,9-18)15(3)8-11(19)17-12(20)16-7-5-4-6-10(16)14-17/h4-7,18H,8-9H2,1-3H3. The van der Waals surface area contributed by atoms with E-state index in [1.54, 1.807) is 36.3 Å². The summed E-state index contributed by atoms with van der Waals surface area (Å²) in [6, 6.07) is 5.11. The molecule has 0 aliphatic heterocycles. The Balaban J connectivity index is 2.29.